The van der Waals surface area contributed by atoms with E-state index in [1.807, 2.05) is 0 Å². The van der Waals surface area contributed by atoms with Gasteiger partial charge in [-0.15, -0.1) is 0 Å². The molecule has 0 N–H and O–H groups in total. The van der Waals surface area contributed by atoms with E-state index >= 15 is 0 Å². The molecule has 0 aliphatic carbocycles. The lowest BCUT2D eigenvalue weighted by atomic mass is 10.5. The zero-order valence-electron chi connectivity index (χ0n) is 7.09. The van der Waals surface area contributed by atoms with Gasteiger partial charge in [0.25, 0.3) is 0 Å². The molecule has 0 saturated carbocycles. The zero-order valence-corrected chi connectivity index (χ0v) is 7.09. The molecule has 0 spiro atoms. The minimum absolute atomic E-state index is 0.0967. The molecule has 14 heavy (non-hydrogen) atoms. The molecule has 0 bridgehead atoms. The molecule has 0 aromatic carbocycles. The monoisotopic (exact) mass is 191 g/mol. The molecule has 0 aliphatic rings. The smallest absolute Gasteiger partial charge is 0.322 e. The highest BCUT2D eigenvalue weighted by atomic mass is 19.1. The molecular formula is C9H6FN3O. The van der Waals surface area contributed by atoms with Crippen LogP contribution in [0.1, 0.15) is 0 Å². The van der Waals surface area contributed by atoms with Gasteiger partial charge in [0.1, 0.15) is 5.75 Å². The zero-order chi connectivity index (χ0) is 9.80. The van der Waals surface area contributed by atoms with Crippen molar-refractivity contribution in [2.24, 2.45) is 0 Å². The molecule has 0 amide bonds. The Labute approximate surface area is 79.4 Å². The summed E-state index contributed by atoms with van der Waals surface area (Å²) in [4.78, 5) is 11.1. The predicted molar refractivity (Wildman–Crippen MR) is 46.3 cm³/mol. The van der Waals surface area contributed by atoms with Crippen molar-refractivity contribution >= 4 is 0 Å². The van der Waals surface area contributed by atoms with Gasteiger partial charge in [0, 0.05) is 6.20 Å². The molecule has 0 unspecified atom stereocenters. The number of ether oxygens (including phenoxy) is 1. The summed E-state index contributed by atoms with van der Waals surface area (Å²) in [5.41, 5.74) is 0. The van der Waals surface area contributed by atoms with Crippen LogP contribution < -0.4 is 4.74 Å². The van der Waals surface area contributed by atoms with Crippen LogP contribution in [0.5, 0.6) is 11.8 Å². The maximum absolute atomic E-state index is 12.4. The van der Waals surface area contributed by atoms with Crippen molar-refractivity contribution in [3.05, 3.63) is 42.7 Å². The Morgan fingerprint density at radius 2 is 1.93 bits per heavy atom. The maximum Gasteiger partial charge on any atom is 0.322 e. The summed E-state index contributed by atoms with van der Waals surface area (Å²) in [6.45, 7) is 0. The van der Waals surface area contributed by atoms with Crippen LogP contribution in [0, 0.1) is 5.82 Å². The van der Waals surface area contributed by atoms with Gasteiger partial charge in [-0.25, -0.2) is 14.4 Å². The fraction of sp³-hybridized carbons (Fsp3) is 0. The Morgan fingerprint density at radius 3 is 2.57 bits per heavy atom. The number of halogens is 1. The summed E-state index contributed by atoms with van der Waals surface area (Å²) in [6.07, 6.45) is 5.22. The Bertz CT molecular complexity index is 404. The van der Waals surface area contributed by atoms with Crippen molar-refractivity contribution in [2.75, 3.05) is 0 Å². The lowest BCUT2D eigenvalue weighted by molar-refractivity contribution is 0.434. The lowest BCUT2D eigenvalue weighted by Gasteiger charge is -2.00. The summed E-state index contributed by atoms with van der Waals surface area (Å²) in [5, 5.41) is 0. The first-order valence-corrected chi connectivity index (χ1v) is 3.90. The first-order valence-electron chi connectivity index (χ1n) is 3.90. The third kappa shape index (κ3) is 2.01. The van der Waals surface area contributed by atoms with E-state index in [4.69, 9.17) is 4.74 Å². The van der Waals surface area contributed by atoms with Crippen LogP contribution in [-0.4, -0.2) is 15.0 Å². The Kier molecular flexibility index (Phi) is 2.31. The number of aromatic nitrogens is 3. The van der Waals surface area contributed by atoms with Gasteiger partial charge in [0.15, 0.2) is 5.82 Å². The van der Waals surface area contributed by atoms with Gasteiger partial charge >= 0.3 is 6.01 Å². The largest absolute Gasteiger partial charge is 0.423 e. The molecule has 70 valence electrons. The lowest BCUT2D eigenvalue weighted by Crippen LogP contribution is -1.92. The van der Waals surface area contributed by atoms with Gasteiger partial charge < -0.3 is 4.74 Å². The topological polar surface area (TPSA) is 47.9 Å². The van der Waals surface area contributed by atoms with Crippen molar-refractivity contribution in [1.82, 2.24) is 15.0 Å². The Morgan fingerprint density at radius 1 is 1.14 bits per heavy atom. The third-order valence-electron chi connectivity index (χ3n) is 1.44. The van der Waals surface area contributed by atoms with Crippen LogP contribution in [-0.2, 0) is 0 Å². The highest BCUT2D eigenvalue weighted by molar-refractivity contribution is 5.19. The van der Waals surface area contributed by atoms with Crippen molar-refractivity contribution in [3.63, 3.8) is 0 Å². The Balaban J connectivity index is 2.16. The van der Waals surface area contributed by atoms with Crippen molar-refractivity contribution in [3.8, 4) is 11.8 Å². The van der Waals surface area contributed by atoms with E-state index in [0.717, 1.165) is 12.4 Å². The van der Waals surface area contributed by atoms with E-state index in [1.165, 1.54) is 6.20 Å². The number of nitrogens with zero attached hydrogens (tertiary/aromatic N) is 3. The standard InChI is InChI=1S/C9H6FN3O/c10-7-4-12-9(13-5-7)14-8-2-1-3-11-6-8/h1-6H. The number of pyridine rings is 1. The van der Waals surface area contributed by atoms with E-state index in [2.05, 4.69) is 15.0 Å². The summed E-state index contributed by atoms with van der Waals surface area (Å²) < 4.78 is 17.6. The summed E-state index contributed by atoms with van der Waals surface area (Å²) in [6, 6.07) is 3.53. The van der Waals surface area contributed by atoms with Crippen LogP contribution in [0.2, 0.25) is 0 Å². The summed E-state index contributed by atoms with van der Waals surface area (Å²) in [5.74, 6) is 0.0163. The van der Waals surface area contributed by atoms with Crippen LogP contribution in [0.25, 0.3) is 0 Å². The molecule has 0 saturated heterocycles. The van der Waals surface area contributed by atoms with E-state index in [1.54, 1.807) is 18.3 Å². The van der Waals surface area contributed by atoms with Gasteiger partial charge in [-0.05, 0) is 12.1 Å². The van der Waals surface area contributed by atoms with E-state index < -0.39 is 5.82 Å². The van der Waals surface area contributed by atoms with Crippen molar-refractivity contribution in [2.45, 2.75) is 0 Å². The normalized spacial score (nSPS) is 9.79. The molecule has 0 radical (unpaired) electrons. The average Bonchev–Trinajstić information content (AvgIpc) is 2.23. The predicted octanol–water partition coefficient (Wildman–Crippen LogP) is 1.80. The molecule has 2 rings (SSSR count). The third-order valence-corrected chi connectivity index (χ3v) is 1.44. The number of hydrogen-bond acceptors (Lipinski definition) is 4. The van der Waals surface area contributed by atoms with Gasteiger partial charge in [0.2, 0.25) is 0 Å². The minimum atomic E-state index is -0.497. The highest BCUT2D eigenvalue weighted by Crippen LogP contribution is 2.14. The SMILES string of the molecule is Fc1cnc(Oc2cccnc2)nc1. The molecule has 4 nitrogen and oxygen atoms in total. The van der Waals surface area contributed by atoms with Gasteiger partial charge in [-0.1, -0.05) is 0 Å². The quantitative estimate of drug-likeness (QED) is 0.726. The highest BCUT2D eigenvalue weighted by Gasteiger charge is 1.99. The molecule has 2 aromatic heterocycles. The second-order valence-corrected chi connectivity index (χ2v) is 2.47. The van der Waals surface area contributed by atoms with Gasteiger partial charge in [-0.2, -0.15) is 0 Å². The molecule has 0 fully saturated rings. The maximum atomic E-state index is 12.4. The molecule has 2 aromatic rings. The summed E-state index contributed by atoms with van der Waals surface area (Å²) in [7, 11) is 0. The molecule has 0 atom stereocenters. The average molecular weight is 191 g/mol. The summed E-state index contributed by atoms with van der Waals surface area (Å²) >= 11 is 0. The fourth-order valence-corrected chi connectivity index (χ4v) is 0.866. The van der Waals surface area contributed by atoms with Crippen molar-refractivity contribution < 1.29 is 9.13 Å². The van der Waals surface area contributed by atoms with Crippen molar-refractivity contribution in [1.29, 1.82) is 0 Å². The Hall–Kier alpha value is -2.04. The first-order chi connectivity index (χ1) is 6.84. The van der Waals surface area contributed by atoms with Gasteiger partial charge in [0.05, 0.1) is 18.6 Å². The van der Waals surface area contributed by atoms with Gasteiger partial charge in [-0.3, -0.25) is 4.98 Å². The second-order valence-electron chi connectivity index (χ2n) is 2.47. The number of hydrogen-bond donors (Lipinski definition) is 0. The fourth-order valence-electron chi connectivity index (χ4n) is 0.866. The van der Waals surface area contributed by atoms with E-state index in [-0.39, 0.29) is 6.01 Å². The molecule has 5 heteroatoms. The van der Waals surface area contributed by atoms with Crippen LogP contribution in [0.3, 0.4) is 0 Å². The molecular weight excluding hydrogens is 185 g/mol. The molecule has 2 heterocycles. The van der Waals surface area contributed by atoms with Crippen LogP contribution >= 0.6 is 0 Å². The molecule has 0 aliphatic heterocycles. The number of rotatable bonds is 2. The minimum Gasteiger partial charge on any atom is -0.423 e. The first kappa shape index (κ1) is 8.55. The second kappa shape index (κ2) is 3.78. The van der Waals surface area contributed by atoms with Crippen LogP contribution in [0.4, 0.5) is 4.39 Å². The van der Waals surface area contributed by atoms with Crippen LogP contribution in [0.15, 0.2) is 36.9 Å². The van der Waals surface area contributed by atoms with E-state index in [0.29, 0.717) is 5.75 Å². The van der Waals surface area contributed by atoms with E-state index in [9.17, 15) is 4.39 Å².